The number of aromatic nitrogens is 1. The molecule has 0 atom stereocenters. The summed E-state index contributed by atoms with van der Waals surface area (Å²) in [6, 6.07) is 6.90. The minimum atomic E-state index is -4.43. The van der Waals surface area contributed by atoms with Crippen LogP contribution in [0.2, 0.25) is 0 Å². The molecule has 1 heterocycles. The van der Waals surface area contributed by atoms with E-state index in [1.54, 1.807) is 18.2 Å². The average Bonchev–Trinajstić information content (AvgIpc) is 2.48. The summed E-state index contributed by atoms with van der Waals surface area (Å²) in [6.45, 7) is 0. The molecule has 22 heavy (non-hydrogen) atoms. The fraction of sp³-hybridized carbons (Fsp3) is 0.143. The first-order valence-corrected chi connectivity index (χ1v) is 6.10. The topological polar surface area (TPSA) is 66.7 Å². The number of hydrogen-bond donors (Lipinski definition) is 2. The van der Waals surface area contributed by atoms with Crippen molar-refractivity contribution in [3.05, 3.63) is 47.7 Å². The number of aromatic hydroxyl groups is 1. The van der Waals surface area contributed by atoms with Crippen molar-refractivity contribution in [2.24, 2.45) is 5.10 Å². The van der Waals surface area contributed by atoms with Gasteiger partial charge in [0.05, 0.1) is 18.9 Å². The molecular formula is C14H12F3N3O2. The third-order valence-corrected chi connectivity index (χ3v) is 2.72. The summed E-state index contributed by atoms with van der Waals surface area (Å²) >= 11 is 0. The van der Waals surface area contributed by atoms with Crippen LogP contribution in [0, 0.1) is 0 Å². The number of rotatable bonds is 4. The van der Waals surface area contributed by atoms with Crippen LogP contribution in [0.1, 0.15) is 11.1 Å². The van der Waals surface area contributed by atoms with Crippen LogP contribution in [-0.2, 0) is 6.18 Å². The number of hydrogen-bond acceptors (Lipinski definition) is 5. The molecule has 0 unspecified atom stereocenters. The Morgan fingerprint density at radius 2 is 2.05 bits per heavy atom. The van der Waals surface area contributed by atoms with E-state index in [2.05, 4.69) is 15.5 Å². The van der Waals surface area contributed by atoms with Crippen molar-refractivity contribution < 1.29 is 23.0 Å². The monoisotopic (exact) mass is 311 g/mol. The molecule has 5 nitrogen and oxygen atoms in total. The Morgan fingerprint density at radius 1 is 1.27 bits per heavy atom. The first-order chi connectivity index (χ1) is 10.4. The number of phenolic OH excluding ortho intramolecular Hbond substituents is 1. The number of alkyl halides is 3. The van der Waals surface area contributed by atoms with Gasteiger partial charge in [-0.1, -0.05) is 6.07 Å². The predicted molar refractivity (Wildman–Crippen MR) is 75.1 cm³/mol. The Balaban J connectivity index is 2.07. The third kappa shape index (κ3) is 3.66. The molecule has 2 aromatic rings. The molecule has 0 saturated heterocycles. The van der Waals surface area contributed by atoms with Crippen molar-refractivity contribution in [2.45, 2.75) is 6.18 Å². The van der Waals surface area contributed by atoms with Crippen molar-refractivity contribution in [1.82, 2.24) is 4.98 Å². The molecule has 0 aliphatic heterocycles. The van der Waals surface area contributed by atoms with Crippen LogP contribution in [0.15, 0.2) is 41.6 Å². The normalized spacial score (nSPS) is 11.6. The lowest BCUT2D eigenvalue weighted by molar-refractivity contribution is -0.137. The second-order valence-corrected chi connectivity index (χ2v) is 4.20. The number of ether oxygens (including phenoxy) is 1. The van der Waals surface area contributed by atoms with Gasteiger partial charge in [-0.3, -0.25) is 5.43 Å². The molecule has 2 rings (SSSR count). The standard InChI is InChI=1S/C14H12F3N3O2/c1-22-11-4-2-3-9(13(11)21)7-19-20-12-6-5-10(8-18-12)14(15,16)17/h2-8,21H,1H3,(H,18,20)/b19-7+. The van der Waals surface area contributed by atoms with E-state index in [4.69, 9.17) is 4.74 Å². The van der Waals surface area contributed by atoms with Gasteiger partial charge in [0.15, 0.2) is 11.5 Å². The van der Waals surface area contributed by atoms with Crippen molar-refractivity contribution in [2.75, 3.05) is 12.5 Å². The second-order valence-electron chi connectivity index (χ2n) is 4.20. The number of hydrazone groups is 1. The van der Waals surface area contributed by atoms with E-state index in [1.807, 2.05) is 0 Å². The lowest BCUT2D eigenvalue weighted by atomic mass is 10.2. The summed E-state index contributed by atoms with van der Waals surface area (Å²) in [4.78, 5) is 3.60. The fourth-order valence-electron chi connectivity index (χ4n) is 1.60. The number of methoxy groups -OCH3 is 1. The number of para-hydroxylation sites is 1. The average molecular weight is 311 g/mol. The summed E-state index contributed by atoms with van der Waals surface area (Å²) in [5, 5.41) is 13.6. The van der Waals surface area contributed by atoms with Gasteiger partial charge in [0.1, 0.15) is 5.82 Å². The summed E-state index contributed by atoms with van der Waals surface area (Å²) in [6.07, 6.45) is -2.42. The number of nitrogens with zero attached hydrogens (tertiary/aromatic N) is 2. The lowest BCUT2D eigenvalue weighted by Crippen LogP contribution is -2.05. The predicted octanol–water partition coefficient (Wildman–Crippen LogP) is 3.26. The summed E-state index contributed by atoms with van der Waals surface area (Å²) in [5.74, 6) is 0.346. The summed E-state index contributed by atoms with van der Waals surface area (Å²) in [5.41, 5.74) is 2.02. The second kappa shape index (κ2) is 6.33. The van der Waals surface area contributed by atoms with Gasteiger partial charge in [-0.15, -0.1) is 0 Å². The van der Waals surface area contributed by atoms with Crippen LogP contribution in [0.5, 0.6) is 11.5 Å². The number of benzene rings is 1. The van der Waals surface area contributed by atoms with E-state index in [-0.39, 0.29) is 17.3 Å². The zero-order chi connectivity index (χ0) is 16.2. The lowest BCUT2D eigenvalue weighted by Gasteiger charge is -2.06. The highest BCUT2D eigenvalue weighted by atomic mass is 19.4. The molecule has 0 aliphatic carbocycles. The zero-order valence-electron chi connectivity index (χ0n) is 11.4. The van der Waals surface area contributed by atoms with Crippen LogP contribution in [-0.4, -0.2) is 23.4 Å². The van der Waals surface area contributed by atoms with Crippen molar-refractivity contribution in [3.8, 4) is 11.5 Å². The maximum Gasteiger partial charge on any atom is 0.417 e. The molecule has 1 aromatic carbocycles. The van der Waals surface area contributed by atoms with Gasteiger partial charge < -0.3 is 9.84 Å². The molecule has 0 saturated carbocycles. The first kappa shape index (κ1) is 15.6. The number of phenols is 1. The smallest absolute Gasteiger partial charge is 0.417 e. The molecular weight excluding hydrogens is 299 g/mol. The van der Waals surface area contributed by atoms with Gasteiger partial charge in [0.25, 0.3) is 0 Å². The molecule has 0 spiro atoms. The van der Waals surface area contributed by atoms with E-state index in [9.17, 15) is 18.3 Å². The Hall–Kier alpha value is -2.77. The maximum atomic E-state index is 12.4. The van der Waals surface area contributed by atoms with E-state index in [0.29, 0.717) is 11.8 Å². The van der Waals surface area contributed by atoms with E-state index in [0.717, 1.165) is 12.1 Å². The minimum Gasteiger partial charge on any atom is -0.504 e. The van der Waals surface area contributed by atoms with Crippen LogP contribution in [0.4, 0.5) is 19.0 Å². The van der Waals surface area contributed by atoms with Crippen LogP contribution in [0.3, 0.4) is 0 Å². The highest BCUT2D eigenvalue weighted by Crippen LogP contribution is 2.29. The number of anilines is 1. The van der Waals surface area contributed by atoms with Gasteiger partial charge in [0.2, 0.25) is 0 Å². The molecule has 0 aliphatic rings. The minimum absolute atomic E-state index is 0.0871. The Labute approximate surface area is 124 Å². The molecule has 8 heteroatoms. The molecule has 0 amide bonds. The quantitative estimate of drug-likeness (QED) is 0.672. The SMILES string of the molecule is COc1cccc(/C=N/Nc2ccc(C(F)(F)F)cn2)c1O. The van der Waals surface area contributed by atoms with Gasteiger partial charge in [-0.2, -0.15) is 18.3 Å². The highest BCUT2D eigenvalue weighted by molar-refractivity contribution is 5.85. The van der Waals surface area contributed by atoms with Crippen molar-refractivity contribution >= 4 is 12.0 Å². The van der Waals surface area contributed by atoms with E-state index in [1.165, 1.54) is 13.3 Å². The highest BCUT2D eigenvalue weighted by Gasteiger charge is 2.30. The first-order valence-electron chi connectivity index (χ1n) is 6.10. The van der Waals surface area contributed by atoms with Crippen molar-refractivity contribution in [3.63, 3.8) is 0 Å². The van der Waals surface area contributed by atoms with E-state index >= 15 is 0 Å². The molecule has 116 valence electrons. The number of pyridine rings is 1. The molecule has 0 bridgehead atoms. The molecule has 2 N–H and O–H groups in total. The van der Waals surface area contributed by atoms with Gasteiger partial charge >= 0.3 is 6.18 Å². The zero-order valence-corrected chi connectivity index (χ0v) is 11.4. The van der Waals surface area contributed by atoms with Crippen molar-refractivity contribution in [1.29, 1.82) is 0 Å². The summed E-state index contributed by atoms with van der Waals surface area (Å²) in [7, 11) is 1.42. The van der Waals surface area contributed by atoms with Crippen LogP contribution < -0.4 is 10.2 Å². The van der Waals surface area contributed by atoms with Gasteiger partial charge in [0, 0.05) is 11.8 Å². The fourth-order valence-corrected chi connectivity index (χ4v) is 1.60. The third-order valence-electron chi connectivity index (χ3n) is 2.72. The summed E-state index contributed by atoms with van der Waals surface area (Å²) < 4.78 is 42.1. The van der Waals surface area contributed by atoms with Crippen LogP contribution >= 0.6 is 0 Å². The molecule has 0 radical (unpaired) electrons. The molecule has 1 aromatic heterocycles. The Kier molecular flexibility index (Phi) is 4.50. The Morgan fingerprint density at radius 3 is 2.64 bits per heavy atom. The van der Waals surface area contributed by atoms with Gasteiger partial charge in [-0.25, -0.2) is 4.98 Å². The maximum absolute atomic E-state index is 12.4. The number of halogens is 3. The number of nitrogens with one attached hydrogen (secondary N) is 1. The largest absolute Gasteiger partial charge is 0.504 e. The van der Waals surface area contributed by atoms with E-state index < -0.39 is 11.7 Å². The molecule has 0 fully saturated rings. The Bertz CT molecular complexity index is 670. The van der Waals surface area contributed by atoms with Gasteiger partial charge in [-0.05, 0) is 24.3 Å². The van der Waals surface area contributed by atoms with Crippen LogP contribution in [0.25, 0.3) is 0 Å².